The zero-order valence-electron chi connectivity index (χ0n) is 14.0. The first-order valence-electron chi connectivity index (χ1n) is 8.70. The number of rotatable bonds is 6. The minimum absolute atomic E-state index is 0.971. The molecule has 1 aliphatic rings. The molecule has 0 spiro atoms. The molecule has 0 saturated carbocycles. The molecule has 2 aromatic rings. The van der Waals surface area contributed by atoms with Crippen LogP contribution in [0.3, 0.4) is 0 Å². The van der Waals surface area contributed by atoms with Crippen molar-refractivity contribution in [1.29, 1.82) is 0 Å². The van der Waals surface area contributed by atoms with Gasteiger partial charge in [0.2, 0.25) is 0 Å². The van der Waals surface area contributed by atoms with Gasteiger partial charge in [-0.05, 0) is 42.8 Å². The van der Waals surface area contributed by atoms with Crippen molar-refractivity contribution in [3.8, 4) is 0 Å². The van der Waals surface area contributed by atoms with Gasteiger partial charge >= 0.3 is 0 Å². The standard InChI is InChI=1S/C20H27N3/c1-2-22-14-16-23(17-15-22)20-10-8-19(9-11-20)21-13-12-18-6-4-3-5-7-18/h3-11,21H,2,12-17H2,1H3. The van der Waals surface area contributed by atoms with Crippen LogP contribution < -0.4 is 10.2 Å². The topological polar surface area (TPSA) is 18.5 Å². The molecule has 1 aliphatic heterocycles. The lowest BCUT2D eigenvalue weighted by molar-refractivity contribution is 0.271. The van der Waals surface area contributed by atoms with E-state index in [4.69, 9.17) is 0 Å². The molecule has 0 bridgehead atoms. The Balaban J connectivity index is 1.47. The Morgan fingerprint density at radius 3 is 2.22 bits per heavy atom. The van der Waals surface area contributed by atoms with Crippen LogP contribution >= 0.6 is 0 Å². The van der Waals surface area contributed by atoms with E-state index in [1.807, 2.05) is 0 Å². The van der Waals surface area contributed by atoms with Crippen LogP contribution in [0.2, 0.25) is 0 Å². The molecule has 0 aromatic heterocycles. The smallest absolute Gasteiger partial charge is 0.0368 e. The van der Waals surface area contributed by atoms with Gasteiger partial charge in [0.05, 0.1) is 0 Å². The van der Waals surface area contributed by atoms with Gasteiger partial charge in [-0.15, -0.1) is 0 Å². The van der Waals surface area contributed by atoms with E-state index in [1.165, 1.54) is 30.0 Å². The fraction of sp³-hybridized carbons (Fsp3) is 0.400. The van der Waals surface area contributed by atoms with E-state index < -0.39 is 0 Å². The Kier molecular flexibility index (Phi) is 5.54. The molecule has 3 rings (SSSR count). The minimum atomic E-state index is 0.971. The summed E-state index contributed by atoms with van der Waals surface area (Å²) in [7, 11) is 0. The highest BCUT2D eigenvalue weighted by molar-refractivity contribution is 5.55. The van der Waals surface area contributed by atoms with Gasteiger partial charge in [0.1, 0.15) is 0 Å². The Hall–Kier alpha value is -2.00. The SMILES string of the molecule is CCN1CCN(c2ccc(NCCc3ccccc3)cc2)CC1. The summed E-state index contributed by atoms with van der Waals surface area (Å²) in [5.74, 6) is 0. The van der Waals surface area contributed by atoms with E-state index in [0.717, 1.165) is 32.6 Å². The summed E-state index contributed by atoms with van der Waals surface area (Å²) in [4.78, 5) is 5.00. The Morgan fingerprint density at radius 2 is 1.57 bits per heavy atom. The quantitative estimate of drug-likeness (QED) is 0.881. The van der Waals surface area contributed by atoms with Crippen LogP contribution in [0.25, 0.3) is 0 Å². The fourth-order valence-corrected chi connectivity index (χ4v) is 3.11. The lowest BCUT2D eigenvalue weighted by Crippen LogP contribution is -2.46. The normalized spacial score (nSPS) is 15.6. The van der Waals surface area contributed by atoms with Crippen LogP contribution in [0, 0.1) is 0 Å². The van der Waals surface area contributed by atoms with Gasteiger partial charge in [-0.3, -0.25) is 0 Å². The Bertz CT molecular complexity index is 572. The maximum atomic E-state index is 3.51. The van der Waals surface area contributed by atoms with E-state index in [0.29, 0.717) is 0 Å². The number of piperazine rings is 1. The molecule has 0 unspecified atom stereocenters. The number of nitrogens with zero attached hydrogens (tertiary/aromatic N) is 2. The van der Waals surface area contributed by atoms with Crippen LogP contribution in [0.1, 0.15) is 12.5 Å². The maximum absolute atomic E-state index is 3.51. The third kappa shape index (κ3) is 4.49. The van der Waals surface area contributed by atoms with Crippen molar-refractivity contribution in [1.82, 2.24) is 4.90 Å². The van der Waals surface area contributed by atoms with Crippen LogP contribution in [-0.2, 0) is 6.42 Å². The summed E-state index contributed by atoms with van der Waals surface area (Å²) in [6.07, 6.45) is 1.06. The number of nitrogens with one attached hydrogen (secondary N) is 1. The van der Waals surface area contributed by atoms with Gasteiger partial charge in [0.25, 0.3) is 0 Å². The van der Waals surface area contributed by atoms with Crippen molar-refractivity contribution in [3.05, 3.63) is 60.2 Å². The molecule has 0 amide bonds. The fourth-order valence-electron chi connectivity index (χ4n) is 3.11. The van der Waals surface area contributed by atoms with E-state index >= 15 is 0 Å². The van der Waals surface area contributed by atoms with Gasteiger partial charge in [-0.2, -0.15) is 0 Å². The molecular formula is C20H27N3. The molecule has 3 nitrogen and oxygen atoms in total. The van der Waals surface area contributed by atoms with E-state index in [9.17, 15) is 0 Å². The van der Waals surface area contributed by atoms with Crippen molar-refractivity contribution in [2.75, 3.05) is 49.5 Å². The van der Waals surface area contributed by atoms with E-state index in [2.05, 4.69) is 76.6 Å². The summed E-state index contributed by atoms with van der Waals surface area (Å²) in [6.45, 7) is 8.99. The van der Waals surface area contributed by atoms with Crippen LogP contribution in [0.15, 0.2) is 54.6 Å². The van der Waals surface area contributed by atoms with Crippen molar-refractivity contribution < 1.29 is 0 Å². The first-order valence-corrected chi connectivity index (χ1v) is 8.70. The summed E-state index contributed by atoms with van der Waals surface area (Å²) in [5, 5.41) is 3.51. The van der Waals surface area contributed by atoms with Gasteiger partial charge in [0.15, 0.2) is 0 Å². The largest absolute Gasteiger partial charge is 0.385 e. The van der Waals surface area contributed by atoms with E-state index in [1.54, 1.807) is 0 Å². The van der Waals surface area contributed by atoms with Gasteiger partial charge in [-0.25, -0.2) is 0 Å². The molecule has 122 valence electrons. The molecule has 0 atom stereocenters. The molecule has 1 N–H and O–H groups in total. The zero-order valence-corrected chi connectivity index (χ0v) is 14.0. The monoisotopic (exact) mass is 309 g/mol. The summed E-state index contributed by atoms with van der Waals surface area (Å²) >= 11 is 0. The first kappa shape index (κ1) is 15.9. The highest BCUT2D eigenvalue weighted by Gasteiger charge is 2.15. The summed E-state index contributed by atoms with van der Waals surface area (Å²) in [6, 6.07) is 19.5. The lowest BCUT2D eigenvalue weighted by Gasteiger charge is -2.35. The number of benzene rings is 2. The predicted octanol–water partition coefficient (Wildman–Crippen LogP) is 3.48. The number of likely N-dealkylation sites (N-methyl/N-ethyl adjacent to an activating group) is 1. The summed E-state index contributed by atoms with van der Waals surface area (Å²) < 4.78 is 0. The molecule has 1 saturated heterocycles. The van der Waals surface area contributed by atoms with Gasteiger partial charge in [-0.1, -0.05) is 37.3 Å². The summed E-state index contributed by atoms with van der Waals surface area (Å²) in [5.41, 5.74) is 3.93. The van der Waals surface area contributed by atoms with Crippen molar-refractivity contribution in [3.63, 3.8) is 0 Å². The van der Waals surface area contributed by atoms with E-state index in [-0.39, 0.29) is 0 Å². The van der Waals surface area contributed by atoms with Crippen molar-refractivity contribution in [2.24, 2.45) is 0 Å². The zero-order chi connectivity index (χ0) is 15.9. The third-order valence-electron chi connectivity index (χ3n) is 4.64. The van der Waals surface area contributed by atoms with Crippen molar-refractivity contribution in [2.45, 2.75) is 13.3 Å². The number of hydrogen-bond acceptors (Lipinski definition) is 3. The Labute approximate surface area is 139 Å². The number of anilines is 2. The van der Waals surface area contributed by atoms with Crippen LogP contribution in [-0.4, -0.2) is 44.2 Å². The molecule has 2 aromatic carbocycles. The van der Waals surface area contributed by atoms with Crippen LogP contribution in [0.4, 0.5) is 11.4 Å². The average Bonchev–Trinajstić information content (AvgIpc) is 2.63. The molecule has 23 heavy (non-hydrogen) atoms. The molecule has 3 heteroatoms. The molecule has 1 fully saturated rings. The highest BCUT2D eigenvalue weighted by atomic mass is 15.3. The second kappa shape index (κ2) is 8.02. The maximum Gasteiger partial charge on any atom is 0.0368 e. The third-order valence-corrected chi connectivity index (χ3v) is 4.64. The van der Waals surface area contributed by atoms with Crippen LogP contribution in [0.5, 0.6) is 0 Å². The van der Waals surface area contributed by atoms with Gasteiger partial charge in [0, 0.05) is 44.1 Å². The molecule has 0 aliphatic carbocycles. The highest BCUT2D eigenvalue weighted by Crippen LogP contribution is 2.19. The predicted molar refractivity (Wildman–Crippen MR) is 99.4 cm³/mol. The van der Waals surface area contributed by atoms with Crippen molar-refractivity contribution >= 4 is 11.4 Å². The lowest BCUT2D eigenvalue weighted by atomic mass is 10.1. The Morgan fingerprint density at radius 1 is 0.870 bits per heavy atom. The molecule has 0 radical (unpaired) electrons. The molecule has 1 heterocycles. The minimum Gasteiger partial charge on any atom is -0.385 e. The number of hydrogen-bond donors (Lipinski definition) is 1. The first-order chi connectivity index (χ1) is 11.3. The second-order valence-electron chi connectivity index (χ2n) is 6.13. The average molecular weight is 309 g/mol. The van der Waals surface area contributed by atoms with Gasteiger partial charge < -0.3 is 15.1 Å². The second-order valence-corrected chi connectivity index (χ2v) is 6.13. The molecular weight excluding hydrogens is 282 g/mol.